The fourth-order valence-electron chi connectivity index (χ4n) is 1.31. The van der Waals surface area contributed by atoms with E-state index in [0.717, 1.165) is 24.4 Å². The minimum atomic E-state index is -0.805. The summed E-state index contributed by atoms with van der Waals surface area (Å²) in [5.41, 5.74) is 1.63. The van der Waals surface area contributed by atoms with Crippen molar-refractivity contribution in [1.29, 1.82) is 0 Å². The Hall–Kier alpha value is -1.32. The number of imidazole rings is 1. The van der Waals surface area contributed by atoms with Gasteiger partial charge in [-0.05, 0) is 13.3 Å². The van der Waals surface area contributed by atoms with E-state index in [1.807, 2.05) is 11.5 Å². The molecule has 1 aromatic heterocycles. The van der Waals surface area contributed by atoms with Crippen LogP contribution in [0.5, 0.6) is 0 Å². The van der Waals surface area contributed by atoms with Gasteiger partial charge in [0.2, 0.25) is 0 Å². The zero-order valence-electron chi connectivity index (χ0n) is 7.95. The highest BCUT2D eigenvalue weighted by atomic mass is 16.4. The van der Waals surface area contributed by atoms with Crippen molar-refractivity contribution < 1.29 is 9.90 Å². The lowest BCUT2D eigenvalue weighted by molar-refractivity contribution is -0.136. The van der Waals surface area contributed by atoms with Crippen LogP contribution >= 0.6 is 0 Å². The molecule has 4 nitrogen and oxygen atoms in total. The third-order valence-electron chi connectivity index (χ3n) is 1.94. The number of hydrogen-bond acceptors (Lipinski definition) is 2. The van der Waals surface area contributed by atoms with Gasteiger partial charge >= 0.3 is 5.97 Å². The molecule has 0 atom stereocenters. The van der Waals surface area contributed by atoms with Gasteiger partial charge in [0.15, 0.2) is 0 Å². The van der Waals surface area contributed by atoms with Crippen LogP contribution < -0.4 is 0 Å². The zero-order chi connectivity index (χ0) is 9.84. The summed E-state index contributed by atoms with van der Waals surface area (Å²) in [6, 6.07) is 0. The van der Waals surface area contributed by atoms with Crippen molar-refractivity contribution in [2.45, 2.75) is 33.2 Å². The normalized spacial score (nSPS) is 10.3. The van der Waals surface area contributed by atoms with Crippen molar-refractivity contribution in [3.8, 4) is 0 Å². The first-order chi connectivity index (χ1) is 6.15. The third kappa shape index (κ3) is 2.31. The predicted octanol–water partition coefficient (Wildman–Crippen LogP) is 1.23. The molecular formula is C9H14N2O2. The Kier molecular flexibility index (Phi) is 3.06. The second kappa shape index (κ2) is 4.07. The van der Waals surface area contributed by atoms with Crippen LogP contribution in [0.2, 0.25) is 0 Å². The van der Waals surface area contributed by atoms with Gasteiger partial charge in [-0.3, -0.25) is 4.79 Å². The number of carbonyl (C=O) groups is 1. The van der Waals surface area contributed by atoms with E-state index in [1.165, 1.54) is 0 Å². The van der Waals surface area contributed by atoms with E-state index in [9.17, 15) is 4.79 Å². The molecule has 1 N–H and O–H groups in total. The summed E-state index contributed by atoms with van der Waals surface area (Å²) in [4.78, 5) is 14.6. The number of nitrogens with zero attached hydrogens (tertiary/aromatic N) is 2. The van der Waals surface area contributed by atoms with Crippen LogP contribution in [0, 0.1) is 6.92 Å². The highest BCUT2D eigenvalue weighted by Gasteiger charge is 2.09. The summed E-state index contributed by atoms with van der Waals surface area (Å²) in [6.07, 6.45) is 2.76. The molecule has 0 fully saturated rings. The number of aryl methyl sites for hydroxylation is 2. The molecule has 0 unspecified atom stereocenters. The van der Waals surface area contributed by atoms with Crippen LogP contribution in [0.15, 0.2) is 6.33 Å². The van der Waals surface area contributed by atoms with E-state index < -0.39 is 5.97 Å². The molecule has 0 aromatic carbocycles. The van der Waals surface area contributed by atoms with Gasteiger partial charge < -0.3 is 9.67 Å². The predicted molar refractivity (Wildman–Crippen MR) is 48.6 cm³/mol. The van der Waals surface area contributed by atoms with E-state index in [0.29, 0.717) is 0 Å². The number of carboxylic acids is 1. The number of carboxylic acid groups (broad SMARTS) is 1. The number of aliphatic carboxylic acids is 1. The second-order valence-electron chi connectivity index (χ2n) is 3.04. The van der Waals surface area contributed by atoms with E-state index >= 15 is 0 Å². The van der Waals surface area contributed by atoms with Gasteiger partial charge in [0.05, 0.1) is 24.1 Å². The Morgan fingerprint density at radius 1 is 1.69 bits per heavy atom. The second-order valence-corrected chi connectivity index (χ2v) is 3.04. The number of rotatable bonds is 4. The van der Waals surface area contributed by atoms with E-state index in [-0.39, 0.29) is 6.42 Å². The van der Waals surface area contributed by atoms with E-state index in [4.69, 9.17) is 5.11 Å². The minimum absolute atomic E-state index is 0.0613. The van der Waals surface area contributed by atoms with Crippen molar-refractivity contribution in [3.63, 3.8) is 0 Å². The lowest BCUT2D eigenvalue weighted by atomic mass is 10.2. The molecule has 4 heteroatoms. The maximum Gasteiger partial charge on any atom is 0.309 e. The van der Waals surface area contributed by atoms with Gasteiger partial charge in [0.1, 0.15) is 0 Å². The first kappa shape index (κ1) is 9.77. The van der Waals surface area contributed by atoms with Crippen LogP contribution in [0.1, 0.15) is 24.7 Å². The molecule has 1 heterocycles. The lowest BCUT2D eigenvalue weighted by Crippen LogP contribution is -2.08. The maximum absolute atomic E-state index is 10.5. The molecule has 72 valence electrons. The Morgan fingerprint density at radius 3 is 2.92 bits per heavy atom. The average Bonchev–Trinajstić information content (AvgIpc) is 2.36. The fourth-order valence-corrected chi connectivity index (χ4v) is 1.31. The topological polar surface area (TPSA) is 55.1 Å². The molecule has 0 amide bonds. The van der Waals surface area contributed by atoms with Crippen LogP contribution in [0.3, 0.4) is 0 Å². The summed E-state index contributed by atoms with van der Waals surface area (Å²) >= 11 is 0. The molecule has 0 saturated carbocycles. The quantitative estimate of drug-likeness (QED) is 0.761. The van der Waals surface area contributed by atoms with Gasteiger partial charge in [0.25, 0.3) is 0 Å². The summed E-state index contributed by atoms with van der Waals surface area (Å²) in [6.45, 7) is 4.73. The minimum Gasteiger partial charge on any atom is -0.481 e. The first-order valence-corrected chi connectivity index (χ1v) is 4.37. The molecule has 1 aromatic rings. The maximum atomic E-state index is 10.5. The van der Waals surface area contributed by atoms with Gasteiger partial charge in [-0.1, -0.05) is 6.92 Å². The molecule has 0 aliphatic heterocycles. The molecule has 0 spiro atoms. The van der Waals surface area contributed by atoms with Crippen molar-refractivity contribution in [2.24, 2.45) is 0 Å². The Labute approximate surface area is 77.2 Å². The summed E-state index contributed by atoms with van der Waals surface area (Å²) in [7, 11) is 0. The molecular weight excluding hydrogens is 168 g/mol. The summed E-state index contributed by atoms with van der Waals surface area (Å²) < 4.78 is 1.91. The van der Waals surface area contributed by atoms with Crippen molar-refractivity contribution >= 4 is 5.97 Å². The SMILES string of the molecule is CCCn1cnc(C)c1CC(=O)O. The molecule has 0 bridgehead atoms. The van der Waals surface area contributed by atoms with Gasteiger partial charge in [-0.2, -0.15) is 0 Å². The molecule has 1 rings (SSSR count). The van der Waals surface area contributed by atoms with Gasteiger partial charge in [-0.15, -0.1) is 0 Å². The van der Waals surface area contributed by atoms with Crippen LogP contribution in [-0.4, -0.2) is 20.6 Å². The standard InChI is InChI=1S/C9H14N2O2/c1-3-4-11-6-10-7(2)8(11)5-9(12)13/h6H,3-5H2,1-2H3,(H,12,13). The molecule has 0 aliphatic rings. The van der Waals surface area contributed by atoms with Crippen LogP contribution in [-0.2, 0) is 17.8 Å². The van der Waals surface area contributed by atoms with E-state index in [1.54, 1.807) is 6.33 Å². The average molecular weight is 182 g/mol. The monoisotopic (exact) mass is 182 g/mol. The van der Waals surface area contributed by atoms with Crippen LogP contribution in [0.4, 0.5) is 0 Å². The van der Waals surface area contributed by atoms with E-state index in [2.05, 4.69) is 11.9 Å². The fraction of sp³-hybridized carbons (Fsp3) is 0.556. The number of hydrogen-bond donors (Lipinski definition) is 1. The number of aromatic nitrogens is 2. The zero-order valence-corrected chi connectivity index (χ0v) is 7.95. The molecule has 0 saturated heterocycles. The summed E-state index contributed by atoms with van der Waals surface area (Å²) in [5.74, 6) is -0.805. The van der Waals surface area contributed by atoms with Crippen LogP contribution in [0.25, 0.3) is 0 Å². The highest BCUT2D eigenvalue weighted by molar-refractivity contribution is 5.69. The summed E-state index contributed by atoms with van der Waals surface area (Å²) in [5, 5.41) is 8.66. The highest BCUT2D eigenvalue weighted by Crippen LogP contribution is 2.08. The van der Waals surface area contributed by atoms with Gasteiger partial charge in [-0.25, -0.2) is 4.98 Å². The molecule has 0 radical (unpaired) electrons. The molecule has 13 heavy (non-hydrogen) atoms. The van der Waals surface area contributed by atoms with Crippen molar-refractivity contribution in [1.82, 2.24) is 9.55 Å². The Bertz CT molecular complexity index is 305. The Morgan fingerprint density at radius 2 is 2.38 bits per heavy atom. The van der Waals surface area contributed by atoms with Crippen molar-refractivity contribution in [2.75, 3.05) is 0 Å². The van der Waals surface area contributed by atoms with Gasteiger partial charge in [0, 0.05) is 6.54 Å². The third-order valence-corrected chi connectivity index (χ3v) is 1.94. The molecule has 0 aliphatic carbocycles. The Balaban J connectivity index is 2.87. The first-order valence-electron chi connectivity index (χ1n) is 4.37. The smallest absolute Gasteiger partial charge is 0.309 e. The largest absolute Gasteiger partial charge is 0.481 e. The lowest BCUT2D eigenvalue weighted by Gasteiger charge is -2.04. The van der Waals surface area contributed by atoms with Crippen molar-refractivity contribution in [3.05, 3.63) is 17.7 Å².